The fourth-order valence-electron chi connectivity index (χ4n) is 1.12. The molecule has 1 unspecified atom stereocenters. The van der Waals surface area contributed by atoms with Crippen molar-refractivity contribution < 1.29 is 19.4 Å². The van der Waals surface area contributed by atoms with E-state index >= 15 is 0 Å². The second-order valence-electron chi connectivity index (χ2n) is 4.72. The van der Waals surface area contributed by atoms with Crippen molar-refractivity contribution in [1.82, 2.24) is 20.5 Å². The molecule has 0 fully saturated rings. The molecule has 8 nitrogen and oxygen atoms in total. The summed E-state index contributed by atoms with van der Waals surface area (Å²) in [5.41, 5.74) is -0.600. The average Bonchev–Trinajstić information content (AvgIpc) is 2.62. The molecule has 1 rings (SSSR count). The standard InChI is InChI=1S/C10H16N4O4/c1-5(11-9(17)18-10(2,3)4)6-12-7(8(15)16)14-13-6/h5H,1-4H3,(H,11,17)(H,15,16)(H,12,13,14). The average molecular weight is 256 g/mol. The Balaban J connectivity index is 2.62. The van der Waals surface area contributed by atoms with Crippen LogP contribution < -0.4 is 5.32 Å². The molecule has 1 aromatic heterocycles. The Morgan fingerprint density at radius 3 is 2.50 bits per heavy atom. The largest absolute Gasteiger partial charge is 0.475 e. The van der Waals surface area contributed by atoms with Crippen LogP contribution in [0.5, 0.6) is 0 Å². The van der Waals surface area contributed by atoms with Gasteiger partial charge in [0.1, 0.15) is 11.4 Å². The maximum atomic E-state index is 11.5. The molecule has 1 amide bonds. The Kier molecular flexibility index (Phi) is 3.89. The number of nitrogens with zero attached hydrogens (tertiary/aromatic N) is 2. The molecule has 1 atom stereocenters. The van der Waals surface area contributed by atoms with E-state index in [1.54, 1.807) is 27.7 Å². The molecule has 1 heterocycles. The number of carboxylic acid groups (broad SMARTS) is 1. The number of hydrogen-bond acceptors (Lipinski definition) is 5. The number of aromatic amines is 1. The summed E-state index contributed by atoms with van der Waals surface area (Å²) in [4.78, 5) is 25.8. The van der Waals surface area contributed by atoms with Crippen molar-refractivity contribution in [3.63, 3.8) is 0 Å². The minimum atomic E-state index is -1.23. The molecule has 3 N–H and O–H groups in total. The van der Waals surface area contributed by atoms with Crippen LogP contribution in [0.2, 0.25) is 0 Å². The van der Waals surface area contributed by atoms with E-state index in [4.69, 9.17) is 9.84 Å². The van der Waals surface area contributed by atoms with E-state index in [0.717, 1.165) is 0 Å². The predicted octanol–water partition coefficient (Wildman–Crippen LogP) is 1.09. The second-order valence-corrected chi connectivity index (χ2v) is 4.72. The van der Waals surface area contributed by atoms with E-state index in [9.17, 15) is 9.59 Å². The Labute approximate surface area is 104 Å². The number of nitrogens with one attached hydrogen (secondary N) is 2. The molecule has 1 aromatic rings. The summed E-state index contributed by atoms with van der Waals surface area (Å²) in [5.74, 6) is -1.33. The second kappa shape index (κ2) is 5.03. The summed E-state index contributed by atoms with van der Waals surface area (Å²) in [6.45, 7) is 6.87. The van der Waals surface area contributed by atoms with Gasteiger partial charge in [0.15, 0.2) is 0 Å². The van der Waals surface area contributed by atoms with Gasteiger partial charge < -0.3 is 15.2 Å². The lowest BCUT2D eigenvalue weighted by molar-refractivity contribution is 0.0505. The highest BCUT2D eigenvalue weighted by Gasteiger charge is 2.20. The number of carbonyl (C=O) groups is 2. The highest BCUT2D eigenvalue weighted by molar-refractivity contribution is 5.82. The van der Waals surface area contributed by atoms with E-state index < -0.39 is 23.7 Å². The van der Waals surface area contributed by atoms with Gasteiger partial charge in [0, 0.05) is 0 Å². The summed E-state index contributed by atoms with van der Waals surface area (Å²) < 4.78 is 5.06. The summed E-state index contributed by atoms with van der Waals surface area (Å²) in [6, 6.07) is -0.527. The molecular formula is C10H16N4O4. The van der Waals surface area contributed by atoms with E-state index in [0.29, 0.717) is 0 Å². The van der Waals surface area contributed by atoms with Crippen LogP contribution in [0.4, 0.5) is 4.79 Å². The molecular weight excluding hydrogens is 240 g/mol. The Bertz CT molecular complexity index is 449. The zero-order chi connectivity index (χ0) is 13.9. The van der Waals surface area contributed by atoms with E-state index in [2.05, 4.69) is 20.5 Å². The number of aromatic carboxylic acids is 1. The molecule has 0 saturated heterocycles. The summed E-state index contributed by atoms with van der Waals surface area (Å²) in [7, 11) is 0. The van der Waals surface area contributed by atoms with Gasteiger partial charge in [-0.15, -0.1) is 5.10 Å². The van der Waals surface area contributed by atoms with Gasteiger partial charge in [0.25, 0.3) is 5.82 Å². The maximum absolute atomic E-state index is 11.5. The van der Waals surface area contributed by atoms with E-state index in [1.165, 1.54) is 0 Å². The third kappa shape index (κ3) is 4.04. The van der Waals surface area contributed by atoms with Gasteiger partial charge in [0.05, 0.1) is 6.04 Å². The van der Waals surface area contributed by atoms with Crippen LogP contribution in [-0.2, 0) is 4.74 Å². The molecule has 8 heteroatoms. The number of ether oxygens (including phenoxy) is 1. The molecule has 0 bridgehead atoms. The first-order valence-corrected chi connectivity index (χ1v) is 5.34. The third-order valence-corrected chi connectivity index (χ3v) is 1.84. The fourth-order valence-corrected chi connectivity index (χ4v) is 1.12. The van der Waals surface area contributed by atoms with Crippen LogP contribution in [0.3, 0.4) is 0 Å². The van der Waals surface area contributed by atoms with Crippen molar-refractivity contribution in [2.24, 2.45) is 0 Å². The van der Waals surface area contributed by atoms with Crippen LogP contribution in [0.1, 0.15) is 50.2 Å². The number of carboxylic acids is 1. The van der Waals surface area contributed by atoms with Crippen molar-refractivity contribution in [2.75, 3.05) is 0 Å². The van der Waals surface area contributed by atoms with Crippen molar-refractivity contribution in [2.45, 2.75) is 39.3 Å². The molecule has 0 saturated carbocycles. The molecule has 0 aliphatic carbocycles. The van der Waals surface area contributed by atoms with Crippen molar-refractivity contribution in [3.8, 4) is 0 Å². The minimum absolute atomic E-state index is 0.248. The summed E-state index contributed by atoms with van der Waals surface area (Å²) in [5, 5.41) is 17.1. The maximum Gasteiger partial charge on any atom is 0.408 e. The summed E-state index contributed by atoms with van der Waals surface area (Å²) >= 11 is 0. The Morgan fingerprint density at radius 2 is 2.06 bits per heavy atom. The Hall–Kier alpha value is -2.12. The SMILES string of the molecule is CC(NC(=O)OC(C)(C)C)c1nc(C(=O)O)n[nH]1. The van der Waals surface area contributed by atoms with Gasteiger partial charge in [0.2, 0.25) is 0 Å². The smallest absolute Gasteiger partial charge is 0.408 e. The topological polar surface area (TPSA) is 117 Å². The lowest BCUT2D eigenvalue weighted by Gasteiger charge is -2.21. The van der Waals surface area contributed by atoms with Crippen LogP contribution in [0.25, 0.3) is 0 Å². The van der Waals surface area contributed by atoms with Crippen LogP contribution in [-0.4, -0.2) is 38.0 Å². The Morgan fingerprint density at radius 1 is 1.44 bits per heavy atom. The van der Waals surface area contributed by atoms with Gasteiger partial charge in [-0.3, -0.25) is 5.10 Å². The normalized spacial score (nSPS) is 12.9. The van der Waals surface area contributed by atoms with E-state index in [-0.39, 0.29) is 11.6 Å². The van der Waals surface area contributed by atoms with Gasteiger partial charge >= 0.3 is 12.1 Å². The molecule has 18 heavy (non-hydrogen) atoms. The first kappa shape index (κ1) is 13.9. The summed E-state index contributed by atoms with van der Waals surface area (Å²) in [6.07, 6.45) is -0.608. The van der Waals surface area contributed by atoms with Gasteiger partial charge in [-0.1, -0.05) is 0 Å². The third-order valence-electron chi connectivity index (χ3n) is 1.84. The van der Waals surface area contributed by atoms with Crippen LogP contribution in [0.15, 0.2) is 0 Å². The lowest BCUT2D eigenvalue weighted by atomic mass is 10.2. The molecule has 100 valence electrons. The zero-order valence-corrected chi connectivity index (χ0v) is 10.6. The molecule has 0 aliphatic heterocycles. The van der Waals surface area contributed by atoms with Crippen molar-refractivity contribution in [1.29, 1.82) is 0 Å². The number of H-pyrrole nitrogens is 1. The molecule has 0 aliphatic rings. The fraction of sp³-hybridized carbons (Fsp3) is 0.600. The molecule has 0 spiro atoms. The quantitative estimate of drug-likeness (QED) is 0.745. The lowest BCUT2D eigenvalue weighted by Crippen LogP contribution is -2.34. The van der Waals surface area contributed by atoms with Crippen LogP contribution >= 0.6 is 0 Å². The molecule has 0 aromatic carbocycles. The van der Waals surface area contributed by atoms with E-state index in [1.807, 2.05) is 0 Å². The van der Waals surface area contributed by atoms with Gasteiger partial charge in [-0.2, -0.15) is 0 Å². The van der Waals surface area contributed by atoms with Crippen LogP contribution in [0, 0.1) is 0 Å². The van der Waals surface area contributed by atoms with Crippen molar-refractivity contribution in [3.05, 3.63) is 11.6 Å². The van der Waals surface area contributed by atoms with Gasteiger partial charge in [-0.25, -0.2) is 14.6 Å². The number of alkyl carbamates (subject to hydrolysis) is 1. The number of aromatic nitrogens is 3. The monoisotopic (exact) mass is 256 g/mol. The van der Waals surface area contributed by atoms with Crippen molar-refractivity contribution >= 4 is 12.1 Å². The number of rotatable bonds is 3. The van der Waals surface area contributed by atoms with Gasteiger partial charge in [-0.05, 0) is 27.7 Å². The predicted molar refractivity (Wildman–Crippen MR) is 61.1 cm³/mol. The molecule has 0 radical (unpaired) electrons. The number of carbonyl (C=O) groups excluding carboxylic acids is 1. The number of amides is 1. The zero-order valence-electron chi connectivity index (χ0n) is 10.6. The number of hydrogen-bond donors (Lipinski definition) is 3. The first-order chi connectivity index (χ1) is 8.19. The minimum Gasteiger partial charge on any atom is -0.475 e. The highest BCUT2D eigenvalue weighted by atomic mass is 16.6. The highest BCUT2D eigenvalue weighted by Crippen LogP contribution is 2.10. The first-order valence-electron chi connectivity index (χ1n) is 5.34.